The molecule has 0 radical (unpaired) electrons. The quantitative estimate of drug-likeness (QED) is 0.494. The first-order valence-electron chi connectivity index (χ1n) is 5.91. The van der Waals surface area contributed by atoms with Crippen molar-refractivity contribution >= 4 is 49.4 Å². The number of nitrogens with zero attached hydrogens (tertiary/aromatic N) is 3. The van der Waals surface area contributed by atoms with Crippen molar-refractivity contribution in [2.75, 3.05) is 20.7 Å². The topological polar surface area (TPSA) is 65.7 Å². The van der Waals surface area contributed by atoms with E-state index in [0.29, 0.717) is 22.0 Å². The second-order valence-corrected chi connectivity index (χ2v) is 6.21. The fraction of sp³-hybridized carbons (Fsp3) is 0.308. The molecule has 0 aliphatic heterocycles. The number of thiophene rings is 2. The van der Waals surface area contributed by atoms with Crippen LogP contribution in [0, 0.1) is 11.3 Å². The van der Waals surface area contributed by atoms with Crippen molar-refractivity contribution in [2.24, 2.45) is 4.99 Å². The maximum atomic E-state index is 11.7. The SMILES string of the molecule is CCOC(=O)c1cc2sc(/N=C/N(C)C)c(C#N)c2s1. The van der Waals surface area contributed by atoms with Gasteiger partial charge in [0.25, 0.3) is 0 Å². The van der Waals surface area contributed by atoms with Gasteiger partial charge in [0.2, 0.25) is 0 Å². The molecule has 0 aromatic carbocycles. The second-order valence-electron chi connectivity index (χ2n) is 4.13. The van der Waals surface area contributed by atoms with E-state index >= 15 is 0 Å². The van der Waals surface area contributed by atoms with Crippen molar-refractivity contribution < 1.29 is 9.53 Å². The molecule has 0 bridgehead atoms. The minimum absolute atomic E-state index is 0.341. The van der Waals surface area contributed by atoms with Gasteiger partial charge >= 0.3 is 5.97 Å². The number of aliphatic imine (C=N–C) groups is 1. The van der Waals surface area contributed by atoms with E-state index in [1.165, 1.54) is 22.7 Å². The average Bonchev–Trinajstić information content (AvgIpc) is 2.93. The summed E-state index contributed by atoms with van der Waals surface area (Å²) in [7, 11) is 3.73. The largest absolute Gasteiger partial charge is 0.462 e. The fourth-order valence-electron chi connectivity index (χ4n) is 1.54. The van der Waals surface area contributed by atoms with E-state index in [-0.39, 0.29) is 5.97 Å². The third-order valence-corrected chi connectivity index (χ3v) is 4.65. The van der Waals surface area contributed by atoms with Gasteiger partial charge in [-0.25, -0.2) is 9.79 Å². The fourth-order valence-corrected chi connectivity index (χ4v) is 3.80. The second kappa shape index (κ2) is 6.03. The molecule has 0 spiro atoms. The van der Waals surface area contributed by atoms with Crippen LogP contribution in [-0.4, -0.2) is 37.9 Å². The Hall–Kier alpha value is -1.91. The van der Waals surface area contributed by atoms with E-state index in [9.17, 15) is 10.1 Å². The van der Waals surface area contributed by atoms with E-state index < -0.39 is 0 Å². The molecule has 0 saturated carbocycles. The summed E-state index contributed by atoms with van der Waals surface area (Å²) in [6.07, 6.45) is 1.66. The first-order valence-corrected chi connectivity index (χ1v) is 7.54. The highest BCUT2D eigenvalue weighted by Gasteiger charge is 2.18. The van der Waals surface area contributed by atoms with E-state index in [1.54, 1.807) is 24.2 Å². The highest BCUT2D eigenvalue weighted by Crippen LogP contribution is 2.42. The van der Waals surface area contributed by atoms with Gasteiger partial charge in [-0.2, -0.15) is 5.26 Å². The Morgan fingerprint density at radius 3 is 2.90 bits per heavy atom. The molecular weight excluding hydrogens is 294 g/mol. The van der Waals surface area contributed by atoms with Crippen LogP contribution in [0.15, 0.2) is 11.1 Å². The normalized spacial score (nSPS) is 10.9. The number of nitriles is 1. The highest BCUT2D eigenvalue weighted by atomic mass is 32.1. The van der Waals surface area contributed by atoms with Crippen molar-refractivity contribution in [1.82, 2.24) is 4.90 Å². The summed E-state index contributed by atoms with van der Waals surface area (Å²) in [5.41, 5.74) is 0.517. The van der Waals surface area contributed by atoms with Crippen LogP contribution < -0.4 is 0 Å². The smallest absolute Gasteiger partial charge is 0.348 e. The van der Waals surface area contributed by atoms with E-state index in [2.05, 4.69) is 11.1 Å². The molecule has 2 aromatic rings. The summed E-state index contributed by atoms with van der Waals surface area (Å²) in [5, 5.41) is 9.95. The maximum Gasteiger partial charge on any atom is 0.348 e. The molecule has 0 atom stereocenters. The molecule has 0 saturated heterocycles. The predicted octanol–water partition coefficient (Wildman–Crippen LogP) is 3.23. The average molecular weight is 307 g/mol. The number of carbonyl (C=O) groups is 1. The van der Waals surface area contributed by atoms with Crippen molar-refractivity contribution in [3.8, 4) is 6.07 Å². The Labute approximate surface area is 124 Å². The lowest BCUT2D eigenvalue weighted by atomic mass is 10.3. The van der Waals surface area contributed by atoms with E-state index in [4.69, 9.17) is 4.74 Å². The van der Waals surface area contributed by atoms with Gasteiger partial charge in [-0.1, -0.05) is 0 Å². The number of rotatable bonds is 4. The molecule has 0 unspecified atom stereocenters. The van der Waals surface area contributed by atoms with Crippen molar-refractivity contribution in [3.63, 3.8) is 0 Å². The van der Waals surface area contributed by atoms with Crippen LogP contribution in [0.25, 0.3) is 9.40 Å². The van der Waals surface area contributed by atoms with Crippen LogP contribution in [0.4, 0.5) is 5.00 Å². The van der Waals surface area contributed by atoms with Gasteiger partial charge < -0.3 is 9.64 Å². The lowest BCUT2D eigenvalue weighted by molar-refractivity contribution is 0.0532. The van der Waals surface area contributed by atoms with E-state index in [1.807, 2.05) is 14.1 Å². The van der Waals surface area contributed by atoms with Crippen LogP contribution in [0.3, 0.4) is 0 Å². The first-order chi connectivity index (χ1) is 9.56. The molecule has 0 fully saturated rings. The minimum Gasteiger partial charge on any atom is -0.462 e. The standard InChI is InChI=1S/C13H13N3O2S2/c1-4-18-13(17)10-5-9-11(19-10)8(6-14)12(20-9)15-7-16(2)3/h5,7H,4H2,1-3H3/b15-7+. The Balaban J connectivity index is 2.44. The highest BCUT2D eigenvalue weighted by molar-refractivity contribution is 7.30. The van der Waals surface area contributed by atoms with Crippen molar-refractivity contribution in [3.05, 3.63) is 16.5 Å². The number of fused-ring (bicyclic) bond motifs is 1. The Morgan fingerprint density at radius 2 is 2.30 bits per heavy atom. The molecule has 2 aromatic heterocycles. The molecule has 0 aliphatic rings. The van der Waals surface area contributed by atoms with Crippen molar-refractivity contribution in [1.29, 1.82) is 5.26 Å². The zero-order valence-electron chi connectivity index (χ0n) is 11.3. The van der Waals surface area contributed by atoms with Gasteiger partial charge in [-0.05, 0) is 13.0 Å². The van der Waals surface area contributed by atoms with Crippen LogP contribution >= 0.6 is 22.7 Å². The molecule has 104 valence electrons. The summed E-state index contributed by atoms with van der Waals surface area (Å²) < 4.78 is 6.65. The molecule has 20 heavy (non-hydrogen) atoms. The lowest BCUT2D eigenvalue weighted by Crippen LogP contribution is -2.06. The minimum atomic E-state index is -0.344. The third kappa shape index (κ3) is 2.81. The molecule has 0 amide bonds. The summed E-state index contributed by atoms with van der Waals surface area (Å²) in [6, 6.07) is 3.93. The molecular formula is C13H13N3O2S2. The van der Waals surface area contributed by atoms with Gasteiger partial charge in [0, 0.05) is 18.8 Å². The van der Waals surface area contributed by atoms with Crippen LogP contribution in [-0.2, 0) is 4.74 Å². The Kier molecular flexibility index (Phi) is 4.37. The molecule has 2 rings (SSSR count). The van der Waals surface area contributed by atoms with Gasteiger partial charge in [-0.15, -0.1) is 22.7 Å². The zero-order chi connectivity index (χ0) is 14.7. The molecule has 2 heterocycles. The van der Waals surface area contributed by atoms with Gasteiger partial charge in [-0.3, -0.25) is 0 Å². The lowest BCUT2D eigenvalue weighted by Gasteiger charge is -2.00. The van der Waals surface area contributed by atoms with E-state index in [0.717, 1.165) is 9.40 Å². The molecule has 5 nitrogen and oxygen atoms in total. The number of hydrogen-bond donors (Lipinski definition) is 0. The zero-order valence-corrected chi connectivity index (χ0v) is 13.0. The van der Waals surface area contributed by atoms with Crippen LogP contribution in [0.1, 0.15) is 22.2 Å². The van der Waals surface area contributed by atoms with Crippen LogP contribution in [0.5, 0.6) is 0 Å². The van der Waals surface area contributed by atoms with Gasteiger partial charge in [0.05, 0.1) is 17.6 Å². The number of hydrogen-bond acceptors (Lipinski definition) is 6. The van der Waals surface area contributed by atoms with Gasteiger partial charge in [0.1, 0.15) is 21.5 Å². The third-order valence-electron chi connectivity index (χ3n) is 2.34. The molecule has 0 N–H and O–H groups in total. The van der Waals surface area contributed by atoms with Crippen LogP contribution in [0.2, 0.25) is 0 Å². The Morgan fingerprint density at radius 1 is 1.55 bits per heavy atom. The maximum absolute atomic E-state index is 11.7. The molecule has 7 heteroatoms. The first kappa shape index (κ1) is 14.5. The van der Waals surface area contributed by atoms with Crippen molar-refractivity contribution in [2.45, 2.75) is 6.92 Å². The molecule has 0 aliphatic carbocycles. The summed E-state index contributed by atoms with van der Waals surface area (Å²) in [6.45, 7) is 2.11. The van der Waals surface area contributed by atoms with Gasteiger partial charge in [0.15, 0.2) is 0 Å². The summed E-state index contributed by atoms with van der Waals surface area (Å²) in [4.78, 5) is 18.3. The Bertz CT molecular complexity index is 707. The number of esters is 1. The number of carbonyl (C=O) groups excluding carboxylic acids is 1. The summed E-state index contributed by atoms with van der Waals surface area (Å²) >= 11 is 2.68. The number of ether oxygens (including phenoxy) is 1. The summed E-state index contributed by atoms with van der Waals surface area (Å²) in [5.74, 6) is -0.344. The predicted molar refractivity (Wildman–Crippen MR) is 82.2 cm³/mol. The monoisotopic (exact) mass is 307 g/mol.